The summed E-state index contributed by atoms with van der Waals surface area (Å²) in [6.45, 7) is 17.2. The summed E-state index contributed by atoms with van der Waals surface area (Å²) < 4.78 is 10.4. The van der Waals surface area contributed by atoms with E-state index in [1.165, 1.54) is 29.5 Å². The second-order valence-corrected chi connectivity index (χ2v) is 8.76. The summed E-state index contributed by atoms with van der Waals surface area (Å²) >= 11 is 0. The molecule has 0 aliphatic heterocycles. The summed E-state index contributed by atoms with van der Waals surface area (Å²) in [5, 5.41) is 2.54. The van der Waals surface area contributed by atoms with Crippen LogP contribution in [0, 0.1) is 12.3 Å². The van der Waals surface area contributed by atoms with Gasteiger partial charge in [-0.25, -0.2) is 4.79 Å². The van der Waals surface area contributed by atoms with E-state index in [4.69, 9.17) is 9.47 Å². The van der Waals surface area contributed by atoms with Gasteiger partial charge in [-0.3, -0.25) is 0 Å². The average molecular weight is 364 g/mol. The Morgan fingerprint density at radius 2 is 1.92 bits per heavy atom. The molecule has 0 bridgehead atoms. The molecule has 0 radical (unpaired) electrons. The molecule has 0 fully saturated rings. The lowest BCUT2D eigenvalue weighted by atomic mass is 9.67. The standard InChI is InChI=1S/C15H22O.C7H15NO2/c1-10-8-12-6-7-15(3,4)11(2)13(12)9-14(10)16-5;1-5-8-6(9)10-7(2,3)4/h8-9,11H,6-7H2,1-5H3;5H2,1-4H3,(H,8,9). The minimum atomic E-state index is -0.390. The maximum Gasteiger partial charge on any atom is 0.407 e. The number of ether oxygens (including phenoxy) is 2. The first kappa shape index (κ1) is 22.3. The highest BCUT2D eigenvalue weighted by molar-refractivity contribution is 5.67. The maximum absolute atomic E-state index is 10.7. The van der Waals surface area contributed by atoms with Crippen molar-refractivity contribution in [3.05, 3.63) is 28.8 Å². The van der Waals surface area contributed by atoms with E-state index in [2.05, 4.69) is 45.1 Å². The van der Waals surface area contributed by atoms with Crippen LogP contribution in [0.1, 0.15) is 77.5 Å². The first-order chi connectivity index (χ1) is 11.9. The number of carbonyl (C=O) groups is 1. The fourth-order valence-electron chi connectivity index (χ4n) is 3.16. The predicted molar refractivity (Wildman–Crippen MR) is 108 cm³/mol. The lowest BCUT2D eigenvalue weighted by Gasteiger charge is -2.38. The van der Waals surface area contributed by atoms with Gasteiger partial charge in [0.15, 0.2) is 0 Å². The first-order valence-corrected chi connectivity index (χ1v) is 9.55. The van der Waals surface area contributed by atoms with Gasteiger partial charge < -0.3 is 14.8 Å². The van der Waals surface area contributed by atoms with E-state index in [0.29, 0.717) is 17.9 Å². The van der Waals surface area contributed by atoms with Crippen LogP contribution in [-0.2, 0) is 11.2 Å². The number of carbonyl (C=O) groups excluding carboxylic acids is 1. The Labute approximate surface area is 159 Å². The molecule has 0 heterocycles. The normalized spacial score (nSPS) is 18.1. The van der Waals surface area contributed by atoms with Crippen LogP contribution in [0.2, 0.25) is 0 Å². The number of nitrogens with one attached hydrogen (secondary N) is 1. The molecule has 1 aromatic rings. The topological polar surface area (TPSA) is 47.6 Å². The lowest BCUT2D eigenvalue weighted by molar-refractivity contribution is 0.0531. The third-order valence-electron chi connectivity index (χ3n) is 5.05. The molecule has 1 aliphatic rings. The van der Waals surface area contributed by atoms with Gasteiger partial charge in [0.05, 0.1) is 7.11 Å². The molecule has 1 aromatic carbocycles. The third-order valence-corrected chi connectivity index (χ3v) is 5.05. The van der Waals surface area contributed by atoms with Crippen molar-refractivity contribution in [1.82, 2.24) is 5.32 Å². The molecule has 2 rings (SSSR count). The summed E-state index contributed by atoms with van der Waals surface area (Å²) in [5.41, 5.74) is 4.28. The van der Waals surface area contributed by atoms with Crippen LogP contribution in [-0.4, -0.2) is 25.3 Å². The molecule has 0 aromatic heterocycles. The van der Waals surface area contributed by atoms with E-state index in [1.807, 2.05) is 27.7 Å². The van der Waals surface area contributed by atoms with E-state index in [-0.39, 0.29) is 11.7 Å². The fraction of sp³-hybridized carbons (Fsp3) is 0.682. The van der Waals surface area contributed by atoms with Crippen LogP contribution in [0.4, 0.5) is 4.79 Å². The molecule has 26 heavy (non-hydrogen) atoms. The van der Waals surface area contributed by atoms with Crippen LogP contribution in [0.3, 0.4) is 0 Å². The van der Waals surface area contributed by atoms with Gasteiger partial charge in [0.25, 0.3) is 0 Å². The Morgan fingerprint density at radius 1 is 1.31 bits per heavy atom. The summed E-state index contributed by atoms with van der Waals surface area (Å²) in [5.74, 6) is 1.65. The molecule has 0 saturated carbocycles. The van der Waals surface area contributed by atoms with Crippen LogP contribution in [0.25, 0.3) is 0 Å². The highest BCUT2D eigenvalue weighted by Crippen LogP contribution is 2.46. The van der Waals surface area contributed by atoms with Crippen molar-refractivity contribution < 1.29 is 14.3 Å². The predicted octanol–water partition coefficient (Wildman–Crippen LogP) is 5.61. The summed E-state index contributed by atoms with van der Waals surface area (Å²) in [6.07, 6.45) is 2.14. The Balaban J connectivity index is 0.000000294. The molecule has 4 nitrogen and oxygen atoms in total. The zero-order valence-electron chi connectivity index (χ0n) is 18.1. The largest absolute Gasteiger partial charge is 0.496 e. The summed E-state index contributed by atoms with van der Waals surface area (Å²) in [7, 11) is 1.76. The molecule has 1 N–H and O–H groups in total. The SMILES string of the molecule is CCNC(=O)OC(C)(C)C.COc1cc2c(cc1C)CCC(C)(C)C2C. The minimum Gasteiger partial charge on any atom is -0.496 e. The van der Waals surface area contributed by atoms with E-state index in [1.54, 1.807) is 7.11 Å². The number of hydrogen-bond donors (Lipinski definition) is 1. The van der Waals surface area contributed by atoms with Crippen molar-refractivity contribution in [2.75, 3.05) is 13.7 Å². The molecular formula is C22H37NO3. The Kier molecular flexibility index (Phi) is 7.55. The van der Waals surface area contributed by atoms with Gasteiger partial charge in [-0.1, -0.05) is 26.8 Å². The minimum absolute atomic E-state index is 0.352. The molecule has 4 heteroatoms. The van der Waals surface area contributed by atoms with E-state index < -0.39 is 0 Å². The molecule has 1 atom stereocenters. The Hall–Kier alpha value is -1.71. The molecule has 1 aliphatic carbocycles. The Bertz CT molecular complexity index is 615. The van der Waals surface area contributed by atoms with Gasteiger partial charge in [0.1, 0.15) is 11.4 Å². The van der Waals surface area contributed by atoms with Gasteiger partial charge in [-0.05, 0) is 81.5 Å². The lowest BCUT2D eigenvalue weighted by Crippen LogP contribution is -2.32. The Morgan fingerprint density at radius 3 is 2.42 bits per heavy atom. The molecule has 1 amide bonds. The molecule has 148 valence electrons. The summed E-state index contributed by atoms with van der Waals surface area (Å²) in [4.78, 5) is 10.7. The number of hydrogen-bond acceptors (Lipinski definition) is 3. The highest BCUT2D eigenvalue weighted by Gasteiger charge is 2.33. The summed E-state index contributed by atoms with van der Waals surface area (Å²) in [6, 6.07) is 4.55. The van der Waals surface area contributed by atoms with E-state index in [0.717, 1.165) is 5.75 Å². The van der Waals surface area contributed by atoms with Crippen molar-refractivity contribution in [1.29, 1.82) is 0 Å². The second-order valence-electron chi connectivity index (χ2n) is 8.76. The average Bonchev–Trinajstić information content (AvgIpc) is 2.50. The molecular weight excluding hydrogens is 326 g/mol. The maximum atomic E-state index is 10.7. The van der Waals surface area contributed by atoms with Gasteiger partial charge in [0, 0.05) is 6.54 Å². The highest BCUT2D eigenvalue weighted by atomic mass is 16.6. The quantitative estimate of drug-likeness (QED) is 0.743. The number of fused-ring (bicyclic) bond motifs is 1. The second kappa shape index (κ2) is 8.79. The van der Waals surface area contributed by atoms with Crippen molar-refractivity contribution >= 4 is 6.09 Å². The molecule has 0 saturated heterocycles. The first-order valence-electron chi connectivity index (χ1n) is 9.55. The number of alkyl carbamates (subject to hydrolysis) is 1. The van der Waals surface area contributed by atoms with Gasteiger partial charge in [-0.2, -0.15) is 0 Å². The van der Waals surface area contributed by atoms with Crippen molar-refractivity contribution in [2.45, 2.75) is 79.8 Å². The number of benzene rings is 1. The van der Waals surface area contributed by atoms with E-state index >= 15 is 0 Å². The zero-order chi connectivity index (χ0) is 20.1. The van der Waals surface area contributed by atoms with Crippen LogP contribution >= 0.6 is 0 Å². The fourth-order valence-corrected chi connectivity index (χ4v) is 3.16. The van der Waals surface area contributed by atoms with Crippen LogP contribution < -0.4 is 10.1 Å². The molecule has 1 unspecified atom stereocenters. The van der Waals surface area contributed by atoms with Gasteiger partial charge in [0.2, 0.25) is 0 Å². The van der Waals surface area contributed by atoms with Crippen molar-refractivity contribution in [2.24, 2.45) is 5.41 Å². The zero-order valence-corrected chi connectivity index (χ0v) is 18.1. The monoisotopic (exact) mass is 363 g/mol. The third kappa shape index (κ3) is 6.22. The number of rotatable bonds is 2. The van der Waals surface area contributed by atoms with Gasteiger partial charge in [-0.15, -0.1) is 0 Å². The molecule has 0 spiro atoms. The number of aryl methyl sites for hydroxylation is 2. The van der Waals surface area contributed by atoms with E-state index in [9.17, 15) is 4.79 Å². The van der Waals surface area contributed by atoms with Crippen LogP contribution in [0.15, 0.2) is 12.1 Å². The van der Waals surface area contributed by atoms with Crippen molar-refractivity contribution in [3.63, 3.8) is 0 Å². The van der Waals surface area contributed by atoms with Crippen molar-refractivity contribution in [3.8, 4) is 5.75 Å². The number of methoxy groups -OCH3 is 1. The van der Waals surface area contributed by atoms with Gasteiger partial charge >= 0.3 is 6.09 Å². The van der Waals surface area contributed by atoms with Crippen LogP contribution in [0.5, 0.6) is 5.75 Å². The number of amides is 1. The smallest absolute Gasteiger partial charge is 0.407 e.